The summed E-state index contributed by atoms with van der Waals surface area (Å²) in [5.41, 5.74) is 0. The minimum absolute atomic E-state index is 0.0236. The van der Waals surface area contributed by atoms with E-state index in [-0.39, 0.29) is 11.9 Å². The fourth-order valence-electron chi connectivity index (χ4n) is 2.81. The molecule has 1 aliphatic carbocycles. The van der Waals surface area contributed by atoms with Crippen LogP contribution in [0.1, 0.15) is 39.0 Å². The van der Waals surface area contributed by atoms with E-state index in [1.54, 1.807) is 0 Å². The maximum atomic E-state index is 12.1. The first-order valence-electron chi connectivity index (χ1n) is 7.02. The van der Waals surface area contributed by atoms with Crippen LogP contribution in [0.25, 0.3) is 0 Å². The van der Waals surface area contributed by atoms with Crippen molar-refractivity contribution in [1.29, 1.82) is 0 Å². The van der Waals surface area contributed by atoms with Crippen LogP contribution >= 0.6 is 0 Å². The predicted octanol–water partition coefficient (Wildman–Crippen LogP) is 0.729. The number of hydrogen-bond acceptors (Lipinski definition) is 3. The summed E-state index contributed by atoms with van der Waals surface area (Å²) in [5.74, 6) is 0.221. The highest BCUT2D eigenvalue weighted by Crippen LogP contribution is 2.18. The molecule has 1 saturated carbocycles. The van der Waals surface area contributed by atoms with Crippen molar-refractivity contribution in [3.05, 3.63) is 0 Å². The molecule has 2 N–H and O–H groups in total. The summed E-state index contributed by atoms with van der Waals surface area (Å²) >= 11 is 0. The van der Waals surface area contributed by atoms with E-state index in [2.05, 4.69) is 15.5 Å². The molecule has 1 saturated heterocycles. The molecule has 1 amide bonds. The first-order chi connectivity index (χ1) is 8.27. The van der Waals surface area contributed by atoms with Crippen molar-refractivity contribution < 1.29 is 4.79 Å². The molecular formula is C13H25N3O. The van der Waals surface area contributed by atoms with Gasteiger partial charge in [-0.05, 0) is 32.7 Å². The molecule has 17 heavy (non-hydrogen) atoms. The Kier molecular flexibility index (Phi) is 4.80. The van der Waals surface area contributed by atoms with Gasteiger partial charge in [0.2, 0.25) is 5.91 Å². The van der Waals surface area contributed by atoms with Gasteiger partial charge < -0.3 is 10.6 Å². The van der Waals surface area contributed by atoms with E-state index in [0.29, 0.717) is 6.04 Å². The van der Waals surface area contributed by atoms with Crippen LogP contribution in [0.15, 0.2) is 0 Å². The van der Waals surface area contributed by atoms with Crippen molar-refractivity contribution in [3.8, 4) is 0 Å². The zero-order valence-electron chi connectivity index (χ0n) is 10.9. The molecule has 1 unspecified atom stereocenters. The Morgan fingerprint density at radius 1 is 1.24 bits per heavy atom. The summed E-state index contributed by atoms with van der Waals surface area (Å²) in [5, 5.41) is 6.57. The van der Waals surface area contributed by atoms with E-state index in [1.165, 1.54) is 25.7 Å². The van der Waals surface area contributed by atoms with Crippen LogP contribution in [-0.4, -0.2) is 49.1 Å². The zero-order chi connectivity index (χ0) is 12.1. The van der Waals surface area contributed by atoms with Gasteiger partial charge in [0.05, 0.1) is 6.04 Å². The Hall–Kier alpha value is -0.610. The molecule has 1 atom stereocenters. The van der Waals surface area contributed by atoms with E-state index in [4.69, 9.17) is 0 Å². The van der Waals surface area contributed by atoms with Crippen LogP contribution in [0.3, 0.4) is 0 Å². The van der Waals surface area contributed by atoms with Crippen LogP contribution < -0.4 is 10.6 Å². The van der Waals surface area contributed by atoms with Crippen molar-refractivity contribution in [2.24, 2.45) is 0 Å². The average molecular weight is 239 g/mol. The molecule has 1 aliphatic heterocycles. The minimum atomic E-state index is 0.0236. The van der Waals surface area contributed by atoms with E-state index in [0.717, 1.165) is 32.6 Å². The highest BCUT2D eigenvalue weighted by atomic mass is 16.2. The smallest absolute Gasteiger partial charge is 0.237 e. The number of hydrogen-bond donors (Lipinski definition) is 2. The third kappa shape index (κ3) is 3.68. The van der Waals surface area contributed by atoms with Crippen molar-refractivity contribution in [2.75, 3.05) is 26.2 Å². The average Bonchev–Trinajstić information content (AvgIpc) is 2.68. The molecule has 2 fully saturated rings. The van der Waals surface area contributed by atoms with E-state index in [9.17, 15) is 4.79 Å². The number of rotatable bonds is 3. The third-order valence-electron chi connectivity index (χ3n) is 4.00. The molecule has 98 valence electrons. The fraction of sp³-hybridized carbons (Fsp3) is 0.923. The standard InChI is InChI=1S/C13H25N3O/c1-11(16-9-4-7-14-8-10-16)13(17)15-12-5-2-3-6-12/h11-12,14H,2-10H2,1H3,(H,15,17). The van der Waals surface area contributed by atoms with E-state index < -0.39 is 0 Å². The second-order valence-electron chi connectivity index (χ2n) is 5.31. The molecule has 0 aromatic heterocycles. The fourth-order valence-corrected chi connectivity index (χ4v) is 2.81. The first kappa shape index (κ1) is 12.8. The second kappa shape index (κ2) is 6.36. The molecule has 0 aromatic carbocycles. The molecule has 0 bridgehead atoms. The van der Waals surface area contributed by atoms with E-state index in [1.807, 2.05) is 6.92 Å². The zero-order valence-corrected chi connectivity index (χ0v) is 10.9. The van der Waals surface area contributed by atoms with Gasteiger partial charge in [-0.1, -0.05) is 12.8 Å². The highest BCUT2D eigenvalue weighted by Gasteiger charge is 2.25. The first-order valence-corrected chi connectivity index (χ1v) is 7.02. The lowest BCUT2D eigenvalue weighted by atomic mass is 10.2. The largest absolute Gasteiger partial charge is 0.352 e. The molecule has 0 radical (unpaired) electrons. The Labute approximate surface area is 104 Å². The Morgan fingerprint density at radius 2 is 2.00 bits per heavy atom. The molecule has 1 heterocycles. The van der Waals surface area contributed by atoms with Crippen LogP contribution in [0, 0.1) is 0 Å². The number of carbonyl (C=O) groups is 1. The second-order valence-corrected chi connectivity index (χ2v) is 5.31. The van der Waals surface area contributed by atoms with Gasteiger partial charge in [0.1, 0.15) is 0 Å². The molecule has 4 heteroatoms. The Balaban J connectivity index is 1.80. The van der Waals surface area contributed by atoms with Gasteiger partial charge in [-0.15, -0.1) is 0 Å². The van der Waals surface area contributed by atoms with Gasteiger partial charge in [0.25, 0.3) is 0 Å². The lowest BCUT2D eigenvalue weighted by molar-refractivity contribution is -0.126. The number of amides is 1. The summed E-state index contributed by atoms with van der Waals surface area (Å²) in [6.45, 7) is 6.13. The van der Waals surface area contributed by atoms with Crippen LogP contribution in [0.2, 0.25) is 0 Å². The van der Waals surface area contributed by atoms with Crippen LogP contribution in [-0.2, 0) is 4.79 Å². The SMILES string of the molecule is CC(C(=O)NC1CCCC1)N1CCCNCC1. The van der Waals surface area contributed by atoms with Crippen LogP contribution in [0.4, 0.5) is 0 Å². The molecule has 0 aromatic rings. The lowest BCUT2D eigenvalue weighted by Crippen LogP contribution is -2.48. The summed E-state index contributed by atoms with van der Waals surface area (Å²) < 4.78 is 0. The predicted molar refractivity (Wildman–Crippen MR) is 68.9 cm³/mol. The van der Waals surface area contributed by atoms with Crippen molar-refractivity contribution in [2.45, 2.75) is 51.1 Å². The molecule has 4 nitrogen and oxygen atoms in total. The van der Waals surface area contributed by atoms with Gasteiger partial charge in [-0.2, -0.15) is 0 Å². The van der Waals surface area contributed by atoms with Crippen molar-refractivity contribution >= 4 is 5.91 Å². The van der Waals surface area contributed by atoms with E-state index >= 15 is 0 Å². The number of nitrogens with zero attached hydrogens (tertiary/aromatic N) is 1. The number of carbonyl (C=O) groups excluding carboxylic acids is 1. The minimum Gasteiger partial charge on any atom is -0.352 e. The monoisotopic (exact) mass is 239 g/mol. The lowest BCUT2D eigenvalue weighted by Gasteiger charge is -2.27. The summed E-state index contributed by atoms with van der Waals surface area (Å²) in [7, 11) is 0. The topological polar surface area (TPSA) is 44.4 Å². The van der Waals surface area contributed by atoms with Gasteiger partial charge in [0, 0.05) is 25.7 Å². The van der Waals surface area contributed by atoms with Gasteiger partial charge in [0.15, 0.2) is 0 Å². The molecule has 2 aliphatic rings. The van der Waals surface area contributed by atoms with Crippen molar-refractivity contribution in [3.63, 3.8) is 0 Å². The molecular weight excluding hydrogens is 214 g/mol. The highest BCUT2D eigenvalue weighted by molar-refractivity contribution is 5.81. The quantitative estimate of drug-likeness (QED) is 0.763. The van der Waals surface area contributed by atoms with Gasteiger partial charge in [-0.3, -0.25) is 9.69 Å². The Morgan fingerprint density at radius 3 is 2.76 bits per heavy atom. The van der Waals surface area contributed by atoms with Gasteiger partial charge >= 0.3 is 0 Å². The van der Waals surface area contributed by atoms with Gasteiger partial charge in [-0.25, -0.2) is 0 Å². The summed E-state index contributed by atoms with van der Waals surface area (Å²) in [4.78, 5) is 14.4. The molecule has 0 spiro atoms. The number of nitrogens with one attached hydrogen (secondary N) is 2. The maximum Gasteiger partial charge on any atom is 0.237 e. The van der Waals surface area contributed by atoms with Crippen molar-refractivity contribution in [1.82, 2.24) is 15.5 Å². The summed E-state index contributed by atoms with van der Waals surface area (Å²) in [6, 6.07) is 0.463. The maximum absolute atomic E-state index is 12.1. The molecule has 2 rings (SSSR count). The normalized spacial score (nSPS) is 25.5. The summed E-state index contributed by atoms with van der Waals surface area (Å²) in [6.07, 6.45) is 6.01. The Bertz CT molecular complexity index is 243. The third-order valence-corrected chi connectivity index (χ3v) is 4.00. The van der Waals surface area contributed by atoms with Crippen LogP contribution in [0.5, 0.6) is 0 Å².